The second-order valence-electron chi connectivity index (χ2n) is 8.39. The molecular weight excluding hydrogens is 352 g/mol. The van der Waals surface area contributed by atoms with Crippen molar-refractivity contribution in [2.45, 2.75) is 60.1 Å². The lowest BCUT2D eigenvalue weighted by Crippen LogP contribution is -2.47. The van der Waals surface area contributed by atoms with E-state index >= 15 is 0 Å². The molecular formula is C21H40N6O. The van der Waals surface area contributed by atoms with Gasteiger partial charge in [-0.25, -0.2) is 0 Å². The van der Waals surface area contributed by atoms with E-state index in [4.69, 9.17) is 9.73 Å². The van der Waals surface area contributed by atoms with Crippen LogP contribution in [0.15, 0.2) is 4.99 Å². The van der Waals surface area contributed by atoms with Gasteiger partial charge in [0.25, 0.3) is 0 Å². The summed E-state index contributed by atoms with van der Waals surface area (Å²) >= 11 is 0. The number of nitrogens with zero attached hydrogens (tertiary/aromatic N) is 4. The maximum Gasteiger partial charge on any atom is 0.191 e. The predicted molar refractivity (Wildman–Crippen MR) is 116 cm³/mol. The maximum atomic E-state index is 5.94. The minimum absolute atomic E-state index is 0.168. The van der Waals surface area contributed by atoms with Crippen molar-refractivity contribution in [3.63, 3.8) is 0 Å². The quantitative estimate of drug-likeness (QED) is 0.522. The molecule has 0 radical (unpaired) electrons. The third-order valence-corrected chi connectivity index (χ3v) is 5.20. The number of nitrogens with one attached hydrogen (secondary N) is 2. The van der Waals surface area contributed by atoms with Crippen molar-refractivity contribution in [2.75, 3.05) is 39.3 Å². The van der Waals surface area contributed by atoms with Gasteiger partial charge in [-0.2, -0.15) is 5.10 Å². The predicted octanol–water partition coefficient (Wildman–Crippen LogP) is 1.88. The fourth-order valence-electron chi connectivity index (χ4n) is 3.79. The van der Waals surface area contributed by atoms with Crippen LogP contribution in [0.5, 0.6) is 0 Å². The van der Waals surface area contributed by atoms with Gasteiger partial charge in [0, 0.05) is 45.0 Å². The van der Waals surface area contributed by atoms with Crippen LogP contribution in [0.1, 0.15) is 44.6 Å². The van der Waals surface area contributed by atoms with Gasteiger partial charge in [0.15, 0.2) is 5.96 Å². The van der Waals surface area contributed by atoms with Crippen LogP contribution in [-0.2, 0) is 18.2 Å². The summed E-state index contributed by atoms with van der Waals surface area (Å²) in [4.78, 5) is 7.30. The number of hydrogen-bond acceptors (Lipinski definition) is 4. The molecule has 2 heterocycles. The Kier molecular flexibility index (Phi) is 8.76. The van der Waals surface area contributed by atoms with Crippen LogP contribution in [0.2, 0.25) is 0 Å². The van der Waals surface area contributed by atoms with Crippen LogP contribution in [0.25, 0.3) is 0 Å². The Labute approximate surface area is 170 Å². The smallest absolute Gasteiger partial charge is 0.191 e. The summed E-state index contributed by atoms with van der Waals surface area (Å²) in [5, 5.41) is 11.4. The van der Waals surface area contributed by atoms with E-state index in [9.17, 15) is 0 Å². The number of morpholine rings is 1. The van der Waals surface area contributed by atoms with Crippen LogP contribution in [0.4, 0.5) is 0 Å². The Bertz CT molecular complexity index is 639. The van der Waals surface area contributed by atoms with Gasteiger partial charge in [0.2, 0.25) is 0 Å². The van der Waals surface area contributed by atoms with Crippen molar-refractivity contribution in [1.82, 2.24) is 25.3 Å². The second kappa shape index (κ2) is 10.8. The largest absolute Gasteiger partial charge is 0.374 e. The molecule has 0 spiro atoms. The molecule has 1 aliphatic heterocycles. The molecule has 0 aliphatic carbocycles. The average Bonchev–Trinajstić information content (AvgIpc) is 2.86. The molecule has 1 fully saturated rings. The highest BCUT2D eigenvalue weighted by Crippen LogP contribution is 2.14. The molecule has 2 unspecified atom stereocenters. The minimum atomic E-state index is 0.168. The highest BCUT2D eigenvalue weighted by Gasteiger charge is 2.21. The normalized spacial score (nSPS) is 19.9. The zero-order valence-corrected chi connectivity index (χ0v) is 18.9. The summed E-state index contributed by atoms with van der Waals surface area (Å²) in [6.45, 7) is 18.5. The van der Waals surface area contributed by atoms with E-state index in [-0.39, 0.29) is 12.1 Å². The van der Waals surface area contributed by atoms with Crippen LogP contribution in [-0.4, -0.2) is 72.1 Å². The molecule has 7 nitrogen and oxygen atoms in total. The van der Waals surface area contributed by atoms with Gasteiger partial charge in [0.05, 0.1) is 24.9 Å². The van der Waals surface area contributed by atoms with Crippen molar-refractivity contribution in [1.29, 1.82) is 0 Å². The Morgan fingerprint density at radius 1 is 1.32 bits per heavy atom. The fraction of sp³-hybridized carbons (Fsp3) is 0.810. The molecule has 2 rings (SSSR count). The number of aromatic nitrogens is 2. The summed E-state index contributed by atoms with van der Waals surface area (Å²) in [6.07, 6.45) is 1.10. The molecule has 2 atom stereocenters. The third-order valence-electron chi connectivity index (χ3n) is 5.20. The van der Waals surface area contributed by atoms with Crippen LogP contribution >= 0.6 is 0 Å². The average molecular weight is 393 g/mol. The van der Waals surface area contributed by atoms with Gasteiger partial charge in [-0.1, -0.05) is 13.8 Å². The first-order valence-electron chi connectivity index (χ1n) is 10.7. The molecule has 1 aromatic heterocycles. The van der Waals surface area contributed by atoms with Gasteiger partial charge in [-0.15, -0.1) is 0 Å². The zero-order valence-electron chi connectivity index (χ0n) is 18.9. The maximum absolute atomic E-state index is 5.94. The van der Waals surface area contributed by atoms with Crippen molar-refractivity contribution < 1.29 is 4.74 Å². The standard InChI is InChI=1S/C21H40N6O/c1-8-22-21(23-12-19-14-27(9-10-28-19)13-15(2)3)24-16(4)11-20-17(5)25-26(7)18(20)6/h15-16,19H,8-14H2,1-7H3,(H2,22,23,24). The van der Waals surface area contributed by atoms with Crippen molar-refractivity contribution >= 4 is 5.96 Å². The molecule has 160 valence electrons. The zero-order chi connectivity index (χ0) is 20.7. The molecule has 0 aromatic carbocycles. The van der Waals surface area contributed by atoms with E-state index in [1.807, 2.05) is 11.7 Å². The molecule has 1 aliphatic rings. The number of hydrogen-bond donors (Lipinski definition) is 2. The molecule has 0 bridgehead atoms. The Balaban J connectivity index is 1.92. The number of aryl methyl sites for hydroxylation is 2. The van der Waals surface area contributed by atoms with Crippen molar-refractivity contribution in [2.24, 2.45) is 18.0 Å². The number of rotatable bonds is 8. The van der Waals surface area contributed by atoms with Crippen molar-refractivity contribution in [3.05, 3.63) is 17.0 Å². The first-order chi connectivity index (χ1) is 13.3. The molecule has 28 heavy (non-hydrogen) atoms. The first-order valence-corrected chi connectivity index (χ1v) is 10.7. The Morgan fingerprint density at radius 3 is 2.68 bits per heavy atom. The van der Waals surface area contributed by atoms with E-state index in [0.717, 1.165) is 50.9 Å². The second-order valence-corrected chi connectivity index (χ2v) is 8.39. The van der Waals surface area contributed by atoms with Gasteiger partial charge in [-0.05, 0) is 45.6 Å². The Hall–Kier alpha value is -1.60. The molecule has 0 saturated carbocycles. The SMILES string of the molecule is CCNC(=NCC1CN(CC(C)C)CCO1)NC(C)Cc1c(C)nn(C)c1C. The molecule has 7 heteroatoms. The Morgan fingerprint density at radius 2 is 2.07 bits per heavy atom. The lowest BCUT2D eigenvalue weighted by molar-refractivity contribution is -0.0262. The van der Waals surface area contributed by atoms with Gasteiger partial charge in [-0.3, -0.25) is 14.6 Å². The van der Waals surface area contributed by atoms with Gasteiger partial charge in [0.1, 0.15) is 0 Å². The minimum Gasteiger partial charge on any atom is -0.374 e. The van der Waals surface area contributed by atoms with Crippen LogP contribution in [0, 0.1) is 19.8 Å². The highest BCUT2D eigenvalue weighted by molar-refractivity contribution is 5.80. The molecule has 0 amide bonds. The molecule has 1 aromatic rings. The molecule has 2 N–H and O–H groups in total. The van der Waals surface area contributed by atoms with Gasteiger partial charge < -0.3 is 15.4 Å². The summed E-state index contributed by atoms with van der Waals surface area (Å²) in [5.74, 6) is 1.54. The monoisotopic (exact) mass is 392 g/mol. The number of ether oxygens (including phenoxy) is 1. The van der Waals surface area contributed by atoms with E-state index in [2.05, 4.69) is 62.2 Å². The molecule has 1 saturated heterocycles. The summed E-state index contributed by atoms with van der Waals surface area (Å²) in [5.41, 5.74) is 3.66. The number of guanidine groups is 1. The summed E-state index contributed by atoms with van der Waals surface area (Å²) in [7, 11) is 2.00. The van der Waals surface area contributed by atoms with E-state index in [1.54, 1.807) is 0 Å². The fourth-order valence-corrected chi connectivity index (χ4v) is 3.79. The van der Waals surface area contributed by atoms with E-state index in [0.29, 0.717) is 12.5 Å². The topological polar surface area (TPSA) is 66.7 Å². The van der Waals surface area contributed by atoms with E-state index in [1.165, 1.54) is 11.3 Å². The highest BCUT2D eigenvalue weighted by atomic mass is 16.5. The summed E-state index contributed by atoms with van der Waals surface area (Å²) in [6, 6.07) is 0.268. The third kappa shape index (κ3) is 6.78. The van der Waals surface area contributed by atoms with Crippen LogP contribution in [0.3, 0.4) is 0 Å². The number of aliphatic imine (C=N–C) groups is 1. The first kappa shape index (κ1) is 22.7. The summed E-state index contributed by atoms with van der Waals surface area (Å²) < 4.78 is 7.90. The van der Waals surface area contributed by atoms with Crippen LogP contribution < -0.4 is 10.6 Å². The van der Waals surface area contributed by atoms with E-state index < -0.39 is 0 Å². The van der Waals surface area contributed by atoms with Gasteiger partial charge >= 0.3 is 0 Å². The lowest BCUT2D eigenvalue weighted by Gasteiger charge is -2.33. The van der Waals surface area contributed by atoms with Crippen molar-refractivity contribution in [3.8, 4) is 0 Å². The lowest BCUT2D eigenvalue weighted by atomic mass is 10.1.